The predicted octanol–water partition coefficient (Wildman–Crippen LogP) is 3.30. The van der Waals surface area contributed by atoms with Gasteiger partial charge in [0.25, 0.3) is 0 Å². The summed E-state index contributed by atoms with van der Waals surface area (Å²) in [6.45, 7) is 3.57. The van der Waals surface area contributed by atoms with Crippen LogP contribution < -0.4 is 5.32 Å². The molecular formula is C19H24N2O2S. The topological polar surface area (TPSA) is 52.6 Å². The summed E-state index contributed by atoms with van der Waals surface area (Å²) in [5.74, 6) is 0.528. The third kappa shape index (κ3) is 3.97. The van der Waals surface area contributed by atoms with E-state index in [1.165, 1.54) is 5.56 Å². The highest BCUT2D eigenvalue weighted by molar-refractivity contribution is 7.10. The predicted molar refractivity (Wildman–Crippen MR) is 97.1 cm³/mol. The van der Waals surface area contributed by atoms with E-state index in [1.807, 2.05) is 34.5 Å². The lowest BCUT2D eigenvalue weighted by atomic mass is 10.00. The van der Waals surface area contributed by atoms with Gasteiger partial charge in [0.1, 0.15) is 0 Å². The number of aliphatic hydroxyl groups is 1. The molecule has 0 unspecified atom stereocenters. The Hall–Kier alpha value is -1.85. The molecule has 0 bridgehead atoms. The lowest BCUT2D eigenvalue weighted by Crippen LogP contribution is -2.41. The van der Waals surface area contributed by atoms with E-state index in [9.17, 15) is 9.90 Å². The third-order valence-electron chi connectivity index (χ3n) is 4.76. The maximum Gasteiger partial charge on any atom is 0.317 e. The molecule has 2 amide bonds. The Morgan fingerprint density at radius 1 is 1.29 bits per heavy atom. The molecule has 5 heteroatoms. The monoisotopic (exact) mass is 344 g/mol. The van der Waals surface area contributed by atoms with Crippen LogP contribution in [0, 0.1) is 11.8 Å². The number of nitrogens with zero attached hydrogens (tertiary/aromatic N) is 1. The van der Waals surface area contributed by atoms with Gasteiger partial charge in [0.05, 0.1) is 6.04 Å². The number of rotatable bonds is 5. The number of urea groups is 1. The van der Waals surface area contributed by atoms with E-state index >= 15 is 0 Å². The molecule has 128 valence electrons. The van der Waals surface area contributed by atoms with E-state index in [1.54, 1.807) is 11.3 Å². The molecule has 0 spiro atoms. The highest BCUT2D eigenvalue weighted by Gasteiger charge is 2.32. The maximum atomic E-state index is 12.7. The number of benzene rings is 1. The first-order valence-electron chi connectivity index (χ1n) is 8.41. The number of carbonyl (C=O) groups excluding carboxylic acids is 1. The Morgan fingerprint density at radius 2 is 2.08 bits per heavy atom. The van der Waals surface area contributed by atoms with Crippen LogP contribution in [-0.2, 0) is 6.42 Å². The smallest absolute Gasteiger partial charge is 0.317 e. The quantitative estimate of drug-likeness (QED) is 0.874. The van der Waals surface area contributed by atoms with Crippen molar-refractivity contribution in [2.75, 3.05) is 19.7 Å². The minimum absolute atomic E-state index is 0.0246. The van der Waals surface area contributed by atoms with E-state index in [2.05, 4.69) is 30.4 Å². The molecule has 1 aromatic carbocycles. The molecular weight excluding hydrogens is 320 g/mol. The van der Waals surface area contributed by atoms with Gasteiger partial charge in [-0.25, -0.2) is 4.79 Å². The van der Waals surface area contributed by atoms with Crippen LogP contribution in [0.3, 0.4) is 0 Å². The second kappa shape index (κ2) is 7.81. The number of nitrogens with one attached hydrogen (secondary N) is 1. The molecule has 3 atom stereocenters. The zero-order valence-corrected chi connectivity index (χ0v) is 14.7. The Morgan fingerprint density at radius 3 is 2.71 bits per heavy atom. The average Bonchev–Trinajstić information content (AvgIpc) is 3.24. The second-order valence-corrected chi connectivity index (χ2v) is 7.51. The molecule has 1 aliphatic rings. The summed E-state index contributed by atoms with van der Waals surface area (Å²) >= 11 is 1.67. The van der Waals surface area contributed by atoms with Crippen molar-refractivity contribution in [1.82, 2.24) is 10.2 Å². The van der Waals surface area contributed by atoms with E-state index in [0.717, 1.165) is 11.3 Å². The first-order chi connectivity index (χ1) is 11.7. The Balaban J connectivity index is 1.69. The van der Waals surface area contributed by atoms with E-state index in [0.29, 0.717) is 19.0 Å². The van der Waals surface area contributed by atoms with Gasteiger partial charge >= 0.3 is 6.03 Å². The van der Waals surface area contributed by atoms with Gasteiger partial charge in [0.2, 0.25) is 0 Å². The number of carbonyl (C=O) groups is 1. The summed E-state index contributed by atoms with van der Waals surface area (Å²) in [5.41, 5.74) is 1.21. The highest BCUT2D eigenvalue weighted by Crippen LogP contribution is 2.26. The van der Waals surface area contributed by atoms with Gasteiger partial charge in [0, 0.05) is 30.5 Å². The van der Waals surface area contributed by atoms with Crippen LogP contribution in [-0.4, -0.2) is 35.7 Å². The van der Waals surface area contributed by atoms with Gasteiger partial charge in [-0.05, 0) is 29.3 Å². The highest BCUT2D eigenvalue weighted by atomic mass is 32.1. The third-order valence-corrected chi connectivity index (χ3v) is 5.74. The van der Waals surface area contributed by atoms with Crippen molar-refractivity contribution in [3.63, 3.8) is 0 Å². The molecule has 1 aromatic heterocycles. The van der Waals surface area contributed by atoms with Crippen LogP contribution in [0.15, 0.2) is 47.8 Å². The fourth-order valence-corrected chi connectivity index (χ4v) is 4.02. The van der Waals surface area contributed by atoms with E-state index in [-0.39, 0.29) is 24.6 Å². The van der Waals surface area contributed by atoms with Crippen LogP contribution in [0.4, 0.5) is 4.79 Å². The van der Waals surface area contributed by atoms with Gasteiger partial charge in [-0.1, -0.05) is 43.3 Å². The average molecular weight is 344 g/mol. The first kappa shape index (κ1) is 17.0. The fraction of sp³-hybridized carbons (Fsp3) is 0.421. The largest absolute Gasteiger partial charge is 0.396 e. The molecule has 0 saturated carbocycles. The maximum absolute atomic E-state index is 12.7. The lowest BCUT2D eigenvalue weighted by molar-refractivity contribution is 0.193. The van der Waals surface area contributed by atoms with Crippen molar-refractivity contribution >= 4 is 17.4 Å². The standard InChI is InChI=1S/C19H24N2O2S/c1-14-11-21(12-16(14)13-22)19(23)20-17(18-8-5-9-24-18)10-15-6-3-2-4-7-15/h2-9,14,16-17,22H,10-13H2,1H3,(H,20,23)/t14-,16+,17+/m1/s1. The fourth-order valence-electron chi connectivity index (χ4n) is 3.24. The summed E-state index contributed by atoms with van der Waals surface area (Å²) in [7, 11) is 0. The summed E-state index contributed by atoms with van der Waals surface area (Å²) in [4.78, 5) is 15.7. The van der Waals surface area contributed by atoms with Crippen molar-refractivity contribution in [1.29, 1.82) is 0 Å². The number of hydrogen-bond acceptors (Lipinski definition) is 3. The van der Waals surface area contributed by atoms with Crippen molar-refractivity contribution < 1.29 is 9.90 Å². The first-order valence-corrected chi connectivity index (χ1v) is 9.29. The van der Waals surface area contributed by atoms with Gasteiger partial charge in [0.15, 0.2) is 0 Å². The number of aliphatic hydroxyl groups excluding tert-OH is 1. The van der Waals surface area contributed by atoms with Gasteiger partial charge < -0.3 is 15.3 Å². The van der Waals surface area contributed by atoms with Crippen LogP contribution in [0.25, 0.3) is 0 Å². The normalized spacial score (nSPS) is 21.7. The van der Waals surface area contributed by atoms with Crippen molar-refractivity contribution in [2.45, 2.75) is 19.4 Å². The molecule has 4 nitrogen and oxygen atoms in total. The SMILES string of the molecule is C[C@@H]1CN(C(=O)N[C@@H](Cc2ccccc2)c2cccs2)C[C@H]1CO. The minimum atomic E-state index is -0.0351. The van der Waals surface area contributed by atoms with Crippen molar-refractivity contribution in [3.8, 4) is 0 Å². The van der Waals surface area contributed by atoms with Crippen LogP contribution in [0.5, 0.6) is 0 Å². The van der Waals surface area contributed by atoms with E-state index in [4.69, 9.17) is 0 Å². The Labute approximate surface area is 147 Å². The summed E-state index contributed by atoms with van der Waals surface area (Å²) in [6, 6.07) is 14.3. The van der Waals surface area contributed by atoms with Crippen LogP contribution in [0.2, 0.25) is 0 Å². The number of amides is 2. The Bertz CT molecular complexity index is 645. The van der Waals surface area contributed by atoms with Gasteiger partial charge in [-0.2, -0.15) is 0 Å². The second-order valence-electron chi connectivity index (χ2n) is 6.53. The molecule has 24 heavy (non-hydrogen) atoms. The van der Waals surface area contributed by atoms with Crippen molar-refractivity contribution in [3.05, 3.63) is 58.3 Å². The number of thiophene rings is 1. The molecule has 1 fully saturated rings. The van der Waals surface area contributed by atoms with Crippen LogP contribution in [0.1, 0.15) is 23.4 Å². The zero-order valence-electron chi connectivity index (χ0n) is 13.9. The molecule has 2 N–H and O–H groups in total. The number of hydrogen-bond donors (Lipinski definition) is 2. The van der Waals surface area contributed by atoms with E-state index < -0.39 is 0 Å². The number of likely N-dealkylation sites (tertiary alicyclic amines) is 1. The molecule has 2 heterocycles. The minimum Gasteiger partial charge on any atom is -0.396 e. The van der Waals surface area contributed by atoms with Crippen molar-refractivity contribution in [2.24, 2.45) is 11.8 Å². The summed E-state index contributed by atoms with van der Waals surface area (Å²) in [5, 5.41) is 14.6. The molecule has 0 aliphatic carbocycles. The molecule has 1 saturated heterocycles. The molecule has 1 aliphatic heterocycles. The zero-order chi connectivity index (χ0) is 16.9. The van der Waals surface area contributed by atoms with Gasteiger partial charge in [-0.3, -0.25) is 0 Å². The molecule has 3 rings (SSSR count). The summed E-state index contributed by atoms with van der Waals surface area (Å²) < 4.78 is 0. The van der Waals surface area contributed by atoms with Crippen LogP contribution >= 0.6 is 11.3 Å². The molecule has 0 radical (unpaired) electrons. The molecule has 2 aromatic rings. The summed E-state index contributed by atoms with van der Waals surface area (Å²) in [6.07, 6.45) is 0.778. The lowest BCUT2D eigenvalue weighted by Gasteiger charge is -2.23. The van der Waals surface area contributed by atoms with Gasteiger partial charge in [-0.15, -0.1) is 11.3 Å². The Kier molecular flexibility index (Phi) is 5.53.